The van der Waals surface area contributed by atoms with Gasteiger partial charge in [-0.15, -0.1) is 5.10 Å². The topological polar surface area (TPSA) is 84.6 Å². The van der Waals surface area contributed by atoms with Gasteiger partial charge in [0, 0.05) is 29.3 Å². The monoisotopic (exact) mass is 409 g/mol. The van der Waals surface area contributed by atoms with Crippen molar-refractivity contribution in [1.82, 2.24) is 15.4 Å². The van der Waals surface area contributed by atoms with Gasteiger partial charge in [0.15, 0.2) is 0 Å². The number of benzene rings is 1. The van der Waals surface area contributed by atoms with Crippen LogP contribution in [0.5, 0.6) is 0 Å². The number of hydrogen-bond donors (Lipinski definition) is 0. The highest BCUT2D eigenvalue weighted by atomic mass is 16.6. The number of carbonyl (C=O) groups excluding carboxylic acids is 1. The van der Waals surface area contributed by atoms with Crippen LogP contribution >= 0.6 is 0 Å². The van der Waals surface area contributed by atoms with Gasteiger partial charge in [0.05, 0.1) is 5.52 Å². The van der Waals surface area contributed by atoms with Crippen molar-refractivity contribution in [2.45, 2.75) is 58.2 Å². The first-order valence-corrected chi connectivity index (χ1v) is 10.2. The number of hydrogen-bond acceptors (Lipinski definition) is 7. The summed E-state index contributed by atoms with van der Waals surface area (Å²) in [6, 6.07) is 11.9. The van der Waals surface area contributed by atoms with Crippen LogP contribution < -0.4 is 9.80 Å². The first kappa shape index (κ1) is 20.1. The number of fused-ring (bicyclic) bond motifs is 1. The van der Waals surface area contributed by atoms with Gasteiger partial charge in [0.25, 0.3) is 0 Å². The summed E-state index contributed by atoms with van der Waals surface area (Å²) in [5.74, 6) is 1.25. The largest absolute Gasteiger partial charge is 0.443 e. The summed E-state index contributed by atoms with van der Waals surface area (Å²) in [5, 5.41) is 8.38. The lowest BCUT2D eigenvalue weighted by Crippen LogP contribution is -2.52. The highest BCUT2D eigenvalue weighted by Gasteiger charge is 2.36. The number of aromatic nitrogens is 3. The molecule has 0 bridgehead atoms. The first-order valence-electron chi connectivity index (χ1n) is 10.2. The molecule has 1 amide bonds. The molecule has 30 heavy (non-hydrogen) atoms. The second kappa shape index (κ2) is 7.93. The first-order chi connectivity index (χ1) is 14.3. The number of amides is 1. The van der Waals surface area contributed by atoms with E-state index in [9.17, 15) is 4.79 Å². The second-order valence-corrected chi connectivity index (χ2v) is 8.69. The molecule has 1 saturated heterocycles. The Morgan fingerprint density at radius 3 is 2.73 bits per heavy atom. The molecule has 1 fully saturated rings. The molecular weight excluding hydrogens is 382 g/mol. The van der Waals surface area contributed by atoms with Crippen LogP contribution in [0.4, 0.5) is 16.5 Å². The molecule has 0 radical (unpaired) electrons. The number of para-hydroxylation sites is 1. The van der Waals surface area contributed by atoms with Crippen LogP contribution in [0.25, 0.3) is 10.9 Å². The molecule has 0 N–H and O–H groups in total. The molecule has 3 heterocycles. The molecule has 1 aliphatic rings. The number of pyridine rings is 1. The van der Waals surface area contributed by atoms with Crippen LogP contribution in [0, 0.1) is 0 Å². The molecule has 0 saturated carbocycles. The Hall–Kier alpha value is -3.16. The minimum atomic E-state index is -0.593. The average molecular weight is 409 g/mol. The van der Waals surface area contributed by atoms with Gasteiger partial charge in [-0.2, -0.15) is 0 Å². The lowest BCUT2D eigenvalue weighted by molar-refractivity contribution is 0.0557. The summed E-state index contributed by atoms with van der Waals surface area (Å²) in [6.45, 7) is 8.45. The minimum Gasteiger partial charge on any atom is -0.443 e. The van der Waals surface area contributed by atoms with Crippen molar-refractivity contribution in [2.24, 2.45) is 0 Å². The summed E-state index contributed by atoms with van der Waals surface area (Å²) in [5.41, 5.74) is 0.256. The maximum atomic E-state index is 13.2. The summed E-state index contributed by atoms with van der Waals surface area (Å²) >= 11 is 0. The number of rotatable bonds is 3. The van der Waals surface area contributed by atoms with Gasteiger partial charge in [-0.3, -0.25) is 4.90 Å². The Balaban J connectivity index is 1.64. The molecule has 1 aromatic carbocycles. The van der Waals surface area contributed by atoms with Crippen molar-refractivity contribution in [3.8, 4) is 0 Å². The van der Waals surface area contributed by atoms with Gasteiger partial charge in [-0.1, -0.05) is 18.2 Å². The van der Waals surface area contributed by atoms with E-state index in [1.165, 1.54) is 0 Å². The smallest absolute Gasteiger partial charge is 0.416 e. The van der Waals surface area contributed by atoms with E-state index < -0.39 is 5.60 Å². The average Bonchev–Trinajstić information content (AvgIpc) is 3.21. The Kier molecular flexibility index (Phi) is 5.32. The normalized spacial score (nSPS) is 19.7. The zero-order chi connectivity index (χ0) is 21.3. The quantitative estimate of drug-likeness (QED) is 0.633. The van der Waals surface area contributed by atoms with Gasteiger partial charge < -0.3 is 14.2 Å². The van der Waals surface area contributed by atoms with Gasteiger partial charge in [-0.05, 0) is 58.7 Å². The van der Waals surface area contributed by atoms with E-state index in [4.69, 9.17) is 14.2 Å². The molecule has 0 aliphatic carbocycles. The number of carbonyl (C=O) groups is 1. The Morgan fingerprint density at radius 2 is 2.03 bits per heavy atom. The van der Waals surface area contributed by atoms with Crippen LogP contribution in [-0.4, -0.2) is 45.7 Å². The van der Waals surface area contributed by atoms with E-state index >= 15 is 0 Å². The molecule has 158 valence electrons. The van der Waals surface area contributed by atoms with E-state index in [2.05, 4.69) is 22.2 Å². The number of ether oxygens (including phenoxy) is 1. The lowest BCUT2D eigenvalue weighted by Gasteiger charge is -2.41. The van der Waals surface area contributed by atoms with Crippen molar-refractivity contribution >= 4 is 28.7 Å². The van der Waals surface area contributed by atoms with E-state index in [-0.39, 0.29) is 18.2 Å². The number of nitrogens with zero attached hydrogens (tertiary/aromatic N) is 5. The molecule has 0 spiro atoms. The third-order valence-corrected chi connectivity index (χ3v) is 5.27. The third kappa shape index (κ3) is 4.22. The summed E-state index contributed by atoms with van der Waals surface area (Å²) in [7, 11) is 0. The maximum absolute atomic E-state index is 13.2. The van der Waals surface area contributed by atoms with Crippen molar-refractivity contribution < 1.29 is 14.1 Å². The summed E-state index contributed by atoms with van der Waals surface area (Å²) in [4.78, 5) is 21.8. The highest BCUT2D eigenvalue weighted by Crippen LogP contribution is 2.31. The molecule has 4 rings (SSSR count). The number of piperidine rings is 1. The molecule has 2 aromatic heterocycles. The molecular formula is C22H27N5O3. The second-order valence-electron chi connectivity index (χ2n) is 8.69. The maximum Gasteiger partial charge on any atom is 0.416 e. The fourth-order valence-corrected chi connectivity index (χ4v) is 3.93. The SMILES string of the molecule is C[C@H]1C[C@H](N(C(=O)OC(C)(C)C)c2ccc3ccccc3n2)CCN1c1cnno1. The predicted octanol–water partition coefficient (Wildman–Crippen LogP) is 4.42. The predicted molar refractivity (Wildman–Crippen MR) is 115 cm³/mol. The highest BCUT2D eigenvalue weighted by molar-refractivity contribution is 5.90. The molecule has 3 aromatic rings. The molecule has 1 aliphatic heterocycles. The fraction of sp³-hybridized carbons (Fsp3) is 0.455. The van der Waals surface area contributed by atoms with Crippen LogP contribution in [0.15, 0.2) is 47.1 Å². The molecule has 8 nitrogen and oxygen atoms in total. The summed E-state index contributed by atoms with van der Waals surface area (Å²) < 4.78 is 11.0. The third-order valence-electron chi connectivity index (χ3n) is 5.27. The van der Waals surface area contributed by atoms with Gasteiger partial charge >= 0.3 is 6.09 Å². The zero-order valence-electron chi connectivity index (χ0n) is 17.8. The van der Waals surface area contributed by atoms with Crippen molar-refractivity contribution in [3.63, 3.8) is 0 Å². The van der Waals surface area contributed by atoms with Gasteiger partial charge in [0.1, 0.15) is 17.6 Å². The summed E-state index contributed by atoms with van der Waals surface area (Å²) in [6.07, 6.45) is 2.73. The van der Waals surface area contributed by atoms with Crippen molar-refractivity contribution in [2.75, 3.05) is 16.3 Å². The van der Waals surface area contributed by atoms with Crippen LogP contribution in [-0.2, 0) is 4.74 Å². The van der Waals surface area contributed by atoms with E-state index in [0.29, 0.717) is 11.7 Å². The Labute approximate surface area is 175 Å². The fourth-order valence-electron chi connectivity index (χ4n) is 3.93. The number of anilines is 2. The van der Waals surface area contributed by atoms with Crippen LogP contribution in [0.3, 0.4) is 0 Å². The molecule has 8 heteroatoms. The standard InChI is InChI=1S/C22H27N5O3/c1-15-13-17(11-12-26(15)20-14-23-25-30-20)27(21(28)29-22(2,3)4)19-10-9-16-7-5-6-8-18(16)24-19/h5-10,14-15,17H,11-13H2,1-4H3/t15-,17+/m0/s1. The van der Waals surface area contributed by atoms with E-state index in [0.717, 1.165) is 30.3 Å². The minimum absolute atomic E-state index is 0.0457. The van der Waals surface area contributed by atoms with Crippen LogP contribution in [0.1, 0.15) is 40.5 Å². The lowest BCUT2D eigenvalue weighted by atomic mass is 9.97. The molecule has 0 unspecified atom stereocenters. The molecule has 2 atom stereocenters. The van der Waals surface area contributed by atoms with E-state index in [1.54, 1.807) is 11.1 Å². The van der Waals surface area contributed by atoms with Gasteiger partial charge in [-0.25, -0.2) is 9.78 Å². The van der Waals surface area contributed by atoms with Gasteiger partial charge in [0.2, 0.25) is 5.88 Å². The van der Waals surface area contributed by atoms with Crippen LogP contribution in [0.2, 0.25) is 0 Å². The van der Waals surface area contributed by atoms with Crippen molar-refractivity contribution in [3.05, 3.63) is 42.6 Å². The Bertz CT molecular complexity index is 1020. The van der Waals surface area contributed by atoms with E-state index in [1.807, 2.05) is 57.2 Å². The van der Waals surface area contributed by atoms with Crippen molar-refractivity contribution in [1.29, 1.82) is 0 Å². The Morgan fingerprint density at radius 1 is 1.23 bits per heavy atom. The zero-order valence-corrected chi connectivity index (χ0v) is 17.8.